The minimum atomic E-state index is -0.276. The number of nitrogens with one attached hydrogen (secondary N) is 2. The zero-order valence-corrected chi connectivity index (χ0v) is 15.2. The standard InChI is InChI=1S/C19H21N3O5/c1-3-25-15-6-4-13(8-17(15)24-2)10-21-22-19(23)11-20-14-5-7-16-18(9-14)27-12-26-16/h4-10,20H,3,11-12H2,1-2H3,(H,22,23)/b21-10+. The van der Waals surface area contributed by atoms with Crippen molar-refractivity contribution in [1.82, 2.24) is 5.43 Å². The molecule has 0 aliphatic carbocycles. The Kier molecular flexibility index (Phi) is 5.98. The van der Waals surface area contributed by atoms with Gasteiger partial charge in [0.25, 0.3) is 5.91 Å². The van der Waals surface area contributed by atoms with Crippen molar-refractivity contribution >= 4 is 17.8 Å². The Balaban J connectivity index is 1.50. The molecule has 8 heteroatoms. The highest BCUT2D eigenvalue weighted by atomic mass is 16.7. The lowest BCUT2D eigenvalue weighted by atomic mass is 10.2. The maximum Gasteiger partial charge on any atom is 0.259 e. The molecule has 1 heterocycles. The van der Waals surface area contributed by atoms with Gasteiger partial charge in [0.15, 0.2) is 23.0 Å². The normalized spacial score (nSPS) is 12.1. The fourth-order valence-corrected chi connectivity index (χ4v) is 2.45. The molecule has 0 saturated heterocycles. The van der Waals surface area contributed by atoms with E-state index in [1.54, 1.807) is 31.4 Å². The fourth-order valence-electron chi connectivity index (χ4n) is 2.45. The zero-order valence-electron chi connectivity index (χ0n) is 15.2. The Hall–Kier alpha value is -3.42. The molecule has 0 aromatic heterocycles. The molecule has 0 spiro atoms. The minimum Gasteiger partial charge on any atom is -0.493 e. The predicted molar refractivity (Wildman–Crippen MR) is 101 cm³/mol. The molecule has 0 unspecified atom stereocenters. The lowest BCUT2D eigenvalue weighted by Crippen LogP contribution is -2.25. The van der Waals surface area contributed by atoms with Crippen LogP contribution in [-0.2, 0) is 4.79 Å². The highest BCUT2D eigenvalue weighted by Gasteiger charge is 2.13. The van der Waals surface area contributed by atoms with Gasteiger partial charge in [-0.1, -0.05) is 0 Å². The van der Waals surface area contributed by atoms with Crippen molar-refractivity contribution in [2.45, 2.75) is 6.92 Å². The number of hydrogen-bond donors (Lipinski definition) is 2. The molecule has 8 nitrogen and oxygen atoms in total. The van der Waals surface area contributed by atoms with Gasteiger partial charge in [0.2, 0.25) is 6.79 Å². The summed E-state index contributed by atoms with van der Waals surface area (Å²) in [7, 11) is 1.57. The van der Waals surface area contributed by atoms with Gasteiger partial charge in [0.1, 0.15) is 0 Å². The van der Waals surface area contributed by atoms with Crippen molar-refractivity contribution in [3.63, 3.8) is 0 Å². The average Bonchev–Trinajstić information content (AvgIpc) is 3.15. The van der Waals surface area contributed by atoms with E-state index in [0.717, 1.165) is 11.3 Å². The van der Waals surface area contributed by atoms with Crippen LogP contribution in [0.1, 0.15) is 12.5 Å². The third kappa shape index (κ3) is 4.81. The molecular weight excluding hydrogens is 350 g/mol. The van der Waals surface area contributed by atoms with E-state index in [-0.39, 0.29) is 19.2 Å². The van der Waals surface area contributed by atoms with Crippen molar-refractivity contribution in [3.05, 3.63) is 42.0 Å². The van der Waals surface area contributed by atoms with E-state index in [1.807, 2.05) is 19.1 Å². The average molecular weight is 371 g/mol. The summed E-state index contributed by atoms with van der Waals surface area (Å²) in [5, 5.41) is 6.96. The smallest absolute Gasteiger partial charge is 0.259 e. The molecule has 0 atom stereocenters. The van der Waals surface area contributed by atoms with E-state index in [4.69, 9.17) is 18.9 Å². The summed E-state index contributed by atoms with van der Waals surface area (Å²) in [5.74, 6) is 2.34. The topological polar surface area (TPSA) is 90.4 Å². The van der Waals surface area contributed by atoms with Gasteiger partial charge in [0.05, 0.1) is 26.5 Å². The first kappa shape index (κ1) is 18.4. The number of benzene rings is 2. The van der Waals surface area contributed by atoms with Crippen LogP contribution >= 0.6 is 0 Å². The van der Waals surface area contributed by atoms with Crippen LogP contribution in [-0.4, -0.2) is 39.2 Å². The first-order valence-corrected chi connectivity index (χ1v) is 8.46. The molecule has 1 aliphatic heterocycles. The second-order valence-electron chi connectivity index (χ2n) is 5.56. The van der Waals surface area contributed by atoms with Crippen LogP contribution in [0.3, 0.4) is 0 Å². The van der Waals surface area contributed by atoms with Crippen molar-refractivity contribution in [2.75, 3.05) is 32.4 Å². The number of hydrazone groups is 1. The number of ether oxygens (including phenoxy) is 4. The summed E-state index contributed by atoms with van der Waals surface area (Å²) < 4.78 is 21.3. The number of nitrogens with zero attached hydrogens (tertiary/aromatic N) is 1. The van der Waals surface area contributed by atoms with Gasteiger partial charge in [-0.05, 0) is 42.8 Å². The van der Waals surface area contributed by atoms with Gasteiger partial charge >= 0.3 is 0 Å². The number of rotatable bonds is 8. The van der Waals surface area contributed by atoms with Crippen LogP contribution in [0.15, 0.2) is 41.5 Å². The first-order valence-electron chi connectivity index (χ1n) is 8.46. The highest BCUT2D eigenvalue weighted by Crippen LogP contribution is 2.34. The van der Waals surface area contributed by atoms with E-state index < -0.39 is 0 Å². The van der Waals surface area contributed by atoms with Crippen LogP contribution in [0, 0.1) is 0 Å². The summed E-state index contributed by atoms with van der Waals surface area (Å²) >= 11 is 0. The van der Waals surface area contributed by atoms with Crippen LogP contribution in [0.5, 0.6) is 23.0 Å². The van der Waals surface area contributed by atoms with Crippen LogP contribution in [0.25, 0.3) is 0 Å². The molecule has 0 fully saturated rings. The number of methoxy groups -OCH3 is 1. The van der Waals surface area contributed by atoms with Crippen molar-refractivity contribution < 1.29 is 23.7 Å². The second-order valence-corrected chi connectivity index (χ2v) is 5.56. The third-order valence-electron chi connectivity index (χ3n) is 3.72. The summed E-state index contributed by atoms with van der Waals surface area (Å²) in [6.07, 6.45) is 1.54. The first-order chi connectivity index (χ1) is 13.2. The Morgan fingerprint density at radius 3 is 2.85 bits per heavy atom. The molecule has 142 valence electrons. The molecule has 2 aromatic rings. The lowest BCUT2D eigenvalue weighted by Gasteiger charge is -2.09. The predicted octanol–water partition coefficient (Wildman–Crippen LogP) is 2.38. The summed E-state index contributed by atoms with van der Waals surface area (Å²) in [6, 6.07) is 10.8. The van der Waals surface area contributed by atoms with Crippen molar-refractivity contribution in [3.8, 4) is 23.0 Å². The lowest BCUT2D eigenvalue weighted by molar-refractivity contribution is -0.119. The van der Waals surface area contributed by atoms with E-state index in [9.17, 15) is 4.79 Å². The molecule has 1 aliphatic rings. The zero-order chi connectivity index (χ0) is 19.1. The maximum atomic E-state index is 11.9. The van der Waals surface area contributed by atoms with Gasteiger partial charge in [-0.2, -0.15) is 5.10 Å². The van der Waals surface area contributed by atoms with E-state index >= 15 is 0 Å². The maximum absolute atomic E-state index is 11.9. The number of carbonyl (C=O) groups excluding carboxylic acids is 1. The number of hydrogen-bond acceptors (Lipinski definition) is 7. The van der Waals surface area contributed by atoms with E-state index in [0.29, 0.717) is 29.6 Å². The van der Waals surface area contributed by atoms with Crippen molar-refractivity contribution in [1.29, 1.82) is 0 Å². The minimum absolute atomic E-state index is 0.0730. The quantitative estimate of drug-likeness (QED) is 0.547. The van der Waals surface area contributed by atoms with E-state index in [2.05, 4.69) is 15.8 Å². The summed E-state index contributed by atoms with van der Waals surface area (Å²) in [5.41, 5.74) is 4.01. The van der Waals surface area contributed by atoms with Gasteiger partial charge in [-0.25, -0.2) is 5.43 Å². The van der Waals surface area contributed by atoms with E-state index in [1.165, 1.54) is 6.21 Å². The monoisotopic (exact) mass is 371 g/mol. The van der Waals surface area contributed by atoms with Gasteiger partial charge in [-0.3, -0.25) is 4.79 Å². The SMILES string of the molecule is CCOc1ccc(/C=N/NC(=O)CNc2ccc3c(c2)OCO3)cc1OC. The molecule has 0 bridgehead atoms. The van der Waals surface area contributed by atoms with Crippen molar-refractivity contribution in [2.24, 2.45) is 5.10 Å². The molecule has 3 rings (SSSR count). The van der Waals surface area contributed by atoms with Crippen LogP contribution in [0.2, 0.25) is 0 Å². The number of fused-ring (bicyclic) bond motifs is 1. The Bertz CT molecular complexity index is 838. The third-order valence-corrected chi connectivity index (χ3v) is 3.72. The number of anilines is 1. The highest BCUT2D eigenvalue weighted by molar-refractivity contribution is 5.85. The summed E-state index contributed by atoms with van der Waals surface area (Å²) in [4.78, 5) is 11.9. The number of carbonyl (C=O) groups is 1. The molecule has 0 saturated carbocycles. The Morgan fingerprint density at radius 1 is 1.19 bits per heavy atom. The van der Waals surface area contributed by atoms with Crippen LogP contribution < -0.4 is 29.7 Å². The Morgan fingerprint density at radius 2 is 2.04 bits per heavy atom. The van der Waals surface area contributed by atoms with Gasteiger partial charge in [0, 0.05) is 11.8 Å². The largest absolute Gasteiger partial charge is 0.493 e. The molecule has 27 heavy (non-hydrogen) atoms. The summed E-state index contributed by atoms with van der Waals surface area (Å²) in [6.45, 7) is 2.74. The van der Waals surface area contributed by atoms with Gasteiger partial charge in [-0.15, -0.1) is 0 Å². The van der Waals surface area contributed by atoms with Gasteiger partial charge < -0.3 is 24.3 Å². The second kappa shape index (κ2) is 8.79. The van der Waals surface area contributed by atoms with Crippen LogP contribution in [0.4, 0.5) is 5.69 Å². The molecule has 2 aromatic carbocycles. The molecule has 0 radical (unpaired) electrons. The molecular formula is C19H21N3O5. The fraction of sp³-hybridized carbons (Fsp3) is 0.263. The Labute approximate surface area is 157 Å². The molecule has 1 amide bonds. The molecule has 2 N–H and O–H groups in total. The number of amides is 1.